The maximum atomic E-state index is 5.12. The van der Waals surface area contributed by atoms with Crippen molar-refractivity contribution < 1.29 is 4.74 Å². The van der Waals surface area contributed by atoms with Crippen molar-refractivity contribution in [3.8, 4) is 17.1 Å². The van der Waals surface area contributed by atoms with Crippen molar-refractivity contribution in [1.82, 2.24) is 9.97 Å². The van der Waals surface area contributed by atoms with Crippen molar-refractivity contribution in [2.24, 2.45) is 0 Å². The van der Waals surface area contributed by atoms with Gasteiger partial charge >= 0.3 is 0 Å². The van der Waals surface area contributed by atoms with Crippen molar-refractivity contribution in [2.45, 2.75) is 0 Å². The second-order valence-corrected chi connectivity index (χ2v) is 5.21. The van der Waals surface area contributed by atoms with E-state index in [0.29, 0.717) is 5.88 Å². The van der Waals surface area contributed by atoms with Crippen LogP contribution in [0.4, 0.5) is 11.4 Å². The van der Waals surface area contributed by atoms with Gasteiger partial charge in [0.2, 0.25) is 5.88 Å². The maximum Gasteiger partial charge on any atom is 0.214 e. The summed E-state index contributed by atoms with van der Waals surface area (Å²) < 4.78 is 5.12. The van der Waals surface area contributed by atoms with Gasteiger partial charge in [0.05, 0.1) is 18.5 Å². The smallest absolute Gasteiger partial charge is 0.214 e. The minimum Gasteiger partial charge on any atom is -0.481 e. The molecule has 0 aliphatic rings. The number of pyridine rings is 2. The fourth-order valence-corrected chi connectivity index (χ4v) is 2.41. The number of anilines is 2. The van der Waals surface area contributed by atoms with Crippen LogP contribution in [-0.2, 0) is 0 Å². The summed E-state index contributed by atoms with van der Waals surface area (Å²) in [4.78, 5) is 8.59. The minimum absolute atomic E-state index is 0.603. The highest BCUT2D eigenvalue weighted by molar-refractivity contribution is 5.73. The fourth-order valence-electron chi connectivity index (χ4n) is 2.41. The number of methoxy groups -OCH3 is 1. The first kappa shape index (κ1) is 15.8. The Morgan fingerprint density at radius 1 is 0.875 bits per heavy atom. The normalized spacial score (nSPS) is 10.2. The molecule has 5 nitrogen and oxygen atoms in total. The first-order chi connectivity index (χ1) is 11.9. The van der Waals surface area contributed by atoms with E-state index in [1.165, 1.54) is 0 Å². The van der Waals surface area contributed by atoms with Crippen LogP contribution in [0, 0.1) is 0 Å². The summed E-state index contributed by atoms with van der Waals surface area (Å²) in [5.41, 5.74) is 4.08. The molecule has 0 spiro atoms. The summed E-state index contributed by atoms with van der Waals surface area (Å²) >= 11 is 0. The van der Waals surface area contributed by atoms with Crippen molar-refractivity contribution in [2.75, 3.05) is 30.8 Å². The van der Waals surface area contributed by atoms with Crippen molar-refractivity contribution in [3.63, 3.8) is 0 Å². The van der Waals surface area contributed by atoms with Gasteiger partial charge in [-0.15, -0.1) is 0 Å². The lowest BCUT2D eigenvalue weighted by molar-refractivity contribution is 0.398. The van der Waals surface area contributed by atoms with Crippen LogP contribution in [0.2, 0.25) is 0 Å². The number of nitrogens with one attached hydrogen (secondary N) is 2. The van der Waals surface area contributed by atoms with Gasteiger partial charge in [0.1, 0.15) is 0 Å². The van der Waals surface area contributed by atoms with E-state index in [-0.39, 0.29) is 0 Å². The first-order valence-corrected chi connectivity index (χ1v) is 7.85. The van der Waals surface area contributed by atoms with E-state index in [0.717, 1.165) is 35.7 Å². The zero-order valence-corrected chi connectivity index (χ0v) is 13.6. The summed E-state index contributed by atoms with van der Waals surface area (Å²) in [6.45, 7) is 1.55. The Labute approximate surface area is 141 Å². The number of rotatable bonds is 7. The van der Waals surface area contributed by atoms with E-state index in [4.69, 9.17) is 4.74 Å². The van der Waals surface area contributed by atoms with Crippen LogP contribution in [0.5, 0.6) is 5.88 Å². The summed E-state index contributed by atoms with van der Waals surface area (Å²) in [6.07, 6.45) is 3.54. The second kappa shape index (κ2) is 7.97. The maximum absolute atomic E-state index is 5.12. The third-order valence-corrected chi connectivity index (χ3v) is 3.57. The van der Waals surface area contributed by atoms with Crippen molar-refractivity contribution in [1.29, 1.82) is 0 Å². The van der Waals surface area contributed by atoms with Crippen LogP contribution in [0.1, 0.15) is 0 Å². The van der Waals surface area contributed by atoms with Crippen molar-refractivity contribution in [3.05, 3.63) is 67.0 Å². The van der Waals surface area contributed by atoms with Gasteiger partial charge in [-0.1, -0.05) is 30.3 Å². The predicted octanol–water partition coefficient (Wildman–Crippen LogP) is 3.68. The molecule has 0 amide bonds. The molecular formula is C19H20N4O. The zero-order valence-electron chi connectivity index (χ0n) is 13.6. The largest absolute Gasteiger partial charge is 0.481 e. The molecular weight excluding hydrogens is 300 g/mol. The standard InChI is InChI=1S/C19H20N4O/c1-24-18-14-16(9-11-22-18)20-12-13-21-17-8-5-10-23-19(17)15-6-3-2-4-7-15/h2-11,14,21H,12-13H2,1H3,(H,20,22). The van der Waals surface area contributed by atoms with E-state index >= 15 is 0 Å². The molecule has 3 aromatic rings. The van der Waals surface area contributed by atoms with Gasteiger partial charge in [0, 0.05) is 42.8 Å². The van der Waals surface area contributed by atoms with Gasteiger partial charge in [-0.2, -0.15) is 0 Å². The lowest BCUT2D eigenvalue weighted by Gasteiger charge is -2.12. The first-order valence-electron chi connectivity index (χ1n) is 7.85. The molecule has 0 bridgehead atoms. The zero-order chi connectivity index (χ0) is 16.6. The summed E-state index contributed by atoms with van der Waals surface area (Å²) in [7, 11) is 1.61. The number of aromatic nitrogens is 2. The van der Waals surface area contributed by atoms with Crippen LogP contribution in [0.15, 0.2) is 67.0 Å². The Hall–Kier alpha value is -3.08. The van der Waals surface area contributed by atoms with Gasteiger partial charge in [-0.05, 0) is 18.2 Å². The van der Waals surface area contributed by atoms with Crippen LogP contribution < -0.4 is 15.4 Å². The van der Waals surface area contributed by atoms with Gasteiger partial charge in [-0.3, -0.25) is 4.98 Å². The van der Waals surface area contributed by atoms with Gasteiger partial charge < -0.3 is 15.4 Å². The molecule has 0 saturated heterocycles. The summed E-state index contributed by atoms with van der Waals surface area (Å²) in [5, 5.41) is 6.78. The molecule has 2 N–H and O–H groups in total. The molecule has 0 radical (unpaired) electrons. The Balaban J connectivity index is 1.59. The minimum atomic E-state index is 0.603. The van der Waals surface area contributed by atoms with Crippen LogP contribution in [0.3, 0.4) is 0 Å². The van der Waals surface area contributed by atoms with Crippen LogP contribution in [0.25, 0.3) is 11.3 Å². The Bertz CT molecular complexity index is 777. The molecule has 5 heteroatoms. The molecule has 1 aromatic carbocycles. The number of nitrogens with zero attached hydrogens (tertiary/aromatic N) is 2. The second-order valence-electron chi connectivity index (χ2n) is 5.21. The van der Waals surface area contributed by atoms with Crippen LogP contribution >= 0.6 is 0 Å². The lowest BCUT2D eigenvalue weighted by Crippen LogP contribution is -2.14. The molecule has 0 saturated carbocycles. The van der Waals surface area contributed by atoms with Crippen molar-refractivity contribution >= 4 is 11.4 Å². The Morgan fingerprint density at radius 2 is 1.71 bits per heavy atom. The van der Waals surface area contributed by atoms with E-state index in [9.17, 15) is 0 Å². The molecule has 0 aliphatic heterocycles. The molecule has 24 heavy (non-hydrogen) atoms. The van der Waals surface area contributed by atoms with E-state index in [1.807, 2.05) is 48.7 Å². The average molecular weight is 320 g/mol. The van der Waals surface area contributed by atoms with E-state index < -0.39 is 0 Å². The quantitative estimate of drug-likeness (QED) is 0.650. The molecule has 3 rings (SSSR count). The van der Waals surface area contributed by atoms with Gasteiger partial charge in [0.25, 0.3) is 0 Å². The van der Waals surface area contributed by atoms with E-state index in [1.54, 1.807) is 13.3 Å². The monoisotopic (exact) mass is 320 g/mol. The predicted molar refractivity (Wildman–Crippen MR) is 97.4 cm³/mol. The fraction of sp³-hybridized carbons (Fsp3) is 0.158. The lowest BCUT2D eigenvalue weighted by atomic mass is 10.1. The average Bonchev–Trinajstić information content (AvgIpc) is 2.66. The SMILES string of the molecule is COc1cc(NCCNc2cccnc2-c2ccccc2)ccn1. The molecule has 122 valence electrons. The Morgan fingerprint density at radius 3 is 2.54 bits per heavy atom. The molecule has 2 heterocycles. The summed E-state index contributed by atoms with van der Waals surface area (Å²) in [5.74, 6) is 0.603. The number of ether oxygens (including phenoxy) is 1. The highest BCUT2D eigenvalue weighted by Gasteiger charge is 2.05. The highest BCUT2D eigenvalue weighted by Crippen LogP contribution is 2.24. The van der Waals surface area contributed by atoms with Gasteiger partial charge in [-0.25, -0.2) is 4.98 Å². The number of hydrogen-bond acceptors (Lipinski definition) is 5. The third kappa shape index (κ3) is 4.01. The van der Waals surface area contributed by atoms with E-state index in [2.05, 4.69) is 32.7 Å². The molecule has 0 unspecified atom stereocenters. The topological polar surface area (TPSA) is 59.1 Å². The Kier molecular flexibility index (Phi) is 5.24. The molecule has 2 aromatic heterocycles. The molecule has 0 atom stereocenters. The van der Waals surface area contributed by atoms with Crippen LogP contribution in [-0.4, -0.2) is 30.2 Å². The number of hydrogen-bond donors (Lipinski definition) is 2. The third-order valence-electron chi connectivity index (χ3n) is 3.57. The summed E-state index contributed by atoms with van der Waals surface area (Å²) in [6, 6.07) is 18.0. The number of benzene rings is 1. The highest BCUT2D eigenvalue weighted by atomic mass is 16.5. The molecule has 0 fully saturated rings. The van der Waals surface area contributed by atoms with Gasteiger partial charge in [0.15, 0.2) is 0 Å². The molecule has 0 aliphatic carbocycles.